The first kappa shape index (κ1) is 15.7. The minimum absolute atomic E-state index is 0.619. The molecular weight excluding hydrogens is 292 g/mol. The minimum Gasteiger partial charge on any atom is -0.481 e. The molecule has 0 N–H and O–H groups in total. The molecule has 1 saturated heterocycles. The average molecular weight is 316 g/mol. The second-order valence-electron chi connectivity index (χ2n) is 5.75. The molecule has 2 aromatic rings. The van der Waals surface area contributed by atoms with Crippen LogP contribution in [-0.2, 0) is 6.54 Å². The topological polar surface area (TPSA) is 59.3 Å². The first-order chi connectivity index (χ1) is 11.3. The third-order valence-corrected chi connectivity index (χ3v) is 4.28. The monoisotopic (exact) mass is 316 g/mol. The molecule has 0 spiro atoms. The lowest BCUT2D eigenvalue weighted by molar-refractivity contribution is 0.249. The molecule has 0 aromatic carbocycles. The Balaban J connectivity index is 1.44. The van der Waals surface area contributed by atoms with Crippen molar-refractivity contribution in [2.45, 2.75) is 19.9 Å². The number of aromatic nitrogens is 4. The van der Waals surface area contributed by atoms with E-state index in [1.807, 2.05) is 19.3 Å². The van der Waals surface area contributed by atoms with E-state index in [0.29, 0.717) is 5.88 Å². The maximum absolute atomic E-state index is 5.17. The van der Waals surface area contributed by atoms with Gasteiger partial charge in [-0.15, -0.1) is 0 Å². The molecule has 3 rings (SSSR count). The van der Waals surface area contributed by atoms with Gasteiger partial charge in [0.2, 0.25) is 11.8 Å². The van der Waals surface area contributed by atoms with Gasteiger partial charge in [-0.05, 0) is 19.9 Å². The molecule has 0 unspecified atom stereocenters. The van der Waals surface area contributed by atoms with Crippen molar-refractivity contribution in [1.29, 1.82) is 0 Å². The Kier molecular flexibility index (Phi) is 5.07. The number of piperazine rings is 1. The highest BCUT2D eigenvalue weighted by atomic mass is 16.5. The van der Waals surface area contributed by atoms with Gasteiger partial charge < -0.3 is 14.2 Å². The lowest BCUT2D eigenvalue weighted by Crippen LogP contribution is -2.47. The zero-order valence-electron chi connectivity index (χ0n) is 13.9. The molecule has 0 atom stereocenters. The van der Waals surface area contributed by atoms with Gasteiger partial charge >= 0.3 is 0 Å². The van der Waals surface area contributed by atoms with Gasteiger partial charge in [-0.3, -0.25) is 4.90 Å². The van der Waals surface area contributed by atoms with E-state index in [-0.39, 0.29) is 0 Å². The molecule has 7 nitrogen and oxygen atoms in total. The predicted octanol–water partition coefficient (Wildman–Crippen LogP) is 1.20. The minimum atomic E-state index is 0.619. The molecule has 0 bridgehead atoms. The van der Waals surface area contributed by atoms with Crippen molar-refractivity contribution in [3.05, 3.63) is 30.5 Å². The van der Waals surface area contributed by atoms with Gasteiger partial charge in [0, 0.05) is 57.4 Å². The van der Waals surface area contributed by atoms with Crippen LogP contribution >= 0.6 is 0 Å². The molecular formula is C16H24N6O. The number of anilines is 1. The Morgan fingerprint density at radius 1 is 1.09 bits per heavy atom. The van der Waals surface area contributed by atoms with E-state index in [0.717, 1.165) is 57.5 Å². The van der Waals surface area contributed by atoms with Crippen LogP contribution in [0.1, 0.15) is 12.2 Å². The highest BCUT2D eigenvalue weighted by Gasteiger charge is 2.18. The molecule has 23 heavy (non-hydrogen) atoms. The molecule has 124 valence electrons. The number of methoxy groups -OCH3 is 1. The van der Waals surface area contributed by atoms with Gasteiger partial charge in [0.05, 0.1) is 7.11 Å². The molecule has 0 radical (unpaired) electrons. The number of nitrogens with zero attached hydrogens (tertiary/aromatic N) is 6. The van der Waals surface area contributed by atoms with E-state index >= 15 is 0 Å². The summed E-state index contributed by atoms with van der Waals surface area (Å²) in [4.78, 5) is 17.7. The molecule has 0 saturated carbocycles. The average Bonchev–Trinajstić information content (AvgIpc) is 3.01. The zero-order chi connectivity index (χ0) is 16.1. The van der Waals surface area contributed by atoms with Crippen LogP contribution < -0.4 is 9.64 Å². The first-order valence-electron chi connectivity index (χ1n) is 8.08. The molecule has 2 aromatic heterocycles. The summed E-state index contributed by atoms with van der Waals surface area (Å²) in [6.07, 6.45) is 6.81. The van der Waals surface area contributed by atoms with E-state index in [1.165, 1.54) is 0 Å². The second kappa shape index (κ2) is 7.41. The summed E-state index contributed by atoms with van der Waals surface area (Å²) < 4.78 is 7.38. The van der Waals surface area contributed by atoms with Crippen LogP contribution in [0.4, 0.5) is 5.95 Å². The van der Waals surface area contributed by atoms with Crippen molar-refractivity contribution < 1.29 is 4.74 Å². The third kappa shape index (κ3) is 3.98. The van der Waals surface area contributed by atoms with E-state index in [1.54, 1.807) is 19.4 Å². The summed E-state index contributed by atoms with van der Waals surface area (Å²) in [5.74, 6) is 2.47. The molecule has 1 aliphatic rings. The van der Waals surface area contributed by atoms with Crippen LogP contribution in [0.3, 0.4) is 0 Å². The van der Waals surface area contributed by atoms with Crippen LogP contribution in [0, 0.1) is 6.92 Å². The standard InChI is InChI=1S/C16H24N6O/c1-14-17-6-9-21(14)8-3-7-20-10-12-22(13-11-20)16-18-5-4-15(19-16)23-2/h4-6,9H,3,7-8,10-13H2,1-2H3. The first-order valence-corrected chi connectivity index (χ1v) is 8.08. The van der Waals surface area contributed by atoms with Crippen molar-refractivity contribution in [1.82, 2.24) is 24.4 Å². The number of aryl methyl sites for hydroxylation is 2. The van der Waals surface area contributed by atoms with Gasteiger partial charge in [-0.1, -0.05) is 0 Å². The summed E-state index contributed by atoms with van der Waals surface area (Å²) in [5, 5.41) is 0. The predicted molar refractivity (Wildman–Crippen MR) is 88.8 cm³/mol. The maximum Gasteiger partial charge on any atom is 0.228 e. The van der Waals surface area contributed by atoms with E-state index < -0.39 is 0 Å². The highest BCUT2D eigenvalue weighted by molar-refractivity contribution is 5.32. The number of imidazole rings is 1. The van der Waals surface area contributed by atoms with Crippen molar-refractivity contribution in [2.24, 2.45) is 0 Å². The fourth-order valence-electron chi connectivity index (χ4n) is 2.87. The highest BCUT2D eigenvalue weighted by Crippen LogP contribution is 2.14. The normalized spacial score (nSPS) is 15.8. The number of hydrogen-bond acceptors (Lipinski definition) is 6. The molecule has 0 aliphatic carbocycles. The van der Waals surface area contributed by atoms with Crippen LogP contribution in [-0.4, -0.2) is 64.3 Å². The van der Waals surface area contributed by atoms with Crippen molar-refractivity contribution >= 4 is 5.95 Å². The molecule has 1 fully saturated rings. The van der Waals surface area contributed by atoms with Crippen molar-refractivity contribution in [2.75, 3.05) is 44.7 Å². The van der Waals surface area contributed by atoms with Crippen molar-refractivity contribution in [3.63, 3.8) is 0 Å². The van der Waals surface area contributed by atoms with Gasteiger partial charge in [-0.25, -0.2) is 9.97 Å². The lowest BCUT2D eigenvalue weighted by Gasteiger charge is -2.34. The van der Waals surface area contributed by atoms with Gasteiger partial charge in [0.25, 0.3) is 0 Å². The molecule has 1 aliphatic heterocycles. The van der Waals surface area contributed by atoms with Crippen LogP contribution in [0.15, 0.2) is 24.7 Å². The van der Waals surface area contributed by atoms with Crippen LogP contribution in [0.2, 0.25) is 0 Å². The Morgan fingerprint density at radius 3 is 2.61 bits per heavy atom. The van der Waals surface area contributed by atoms with Crippen LogP contribution in [0.25, 0.3) is 0 Å². The Hall–Kier alpha value is -2.15. The number of rotatable bonds is 6. The zero-order valence-corrected chi connectivity index (χ0v) is 13.9. The Morgan fingerprint density at radius 2 is 1.91 bits per heavy atom. The molecule has 0 amide bonds. The molecule has 3 heterocycles. The van der Waals surface area contributed by atoms with Gasteiger partial charge in [0.15, 0.2) is 0 Å². The second-order valence-corrected chi connectivity index (χ2v) is 5.75. The largest absolute Gasteiger partial charge is 0.481 e. The van der Waals surface area contributed by atoms with Gasteiger partial charge in [0.1, 0.15) is 5.82 Å². The van der Waals surface area contributed by atoms with Crippen LogP contribution in [0.5, 0.6) is 5.88 Å². The number of ether oxygens (including phenoxy) is 1. The number of hydrogen-bond donors (Lipinski definition) is 0. The van der Waals surface area contributed by atoms with Crippen molar-refractivity contribution in [3.8, 4) is 5.88 Å². The summed E-state index contributed by atoms with van der Waals surface area (Å²) in [6.45, 7) is 8.20. The quantitative estimate of drug-likeness (QED) is 0.798. The SMILES string of the molecule is COc1ccnc(N2CCN(CCCn3ccnc3C)CC2)n1. The molecule has 7 heteroatoms. The summed E-state index contributed by atoms with van der Waals surface area (Å²) in [7, 11) is 1.63. The summed E-state index contributed by atoms with van der Waals surface area (Å²) in [5.41, 5.74) is 0. The third-order valence-electron chi connectivity index (χ3n) is 4.28. The fraction of sp³-hybridized carbons (Fsp3) is 0.562. The van der Waals surface area contributed by atoms with Gasteiger partial charge in [-0.2, -0.15) is 4.98 Å². The lowest BCUT2D eigenvalue weighted by atomic mass is 10.3. The summed E-state index contributed by atoms with van der Waals surface area (Å²) in [6, 6.07) is 1.78. The fourth-order valence-corrected chi connectivity index (χ4v) is 2.87. The Bertz CT molecular complexity index is 621. The van der Waals surface area contributed by atoms with E-state index in [9.17, 15) is 0 Å². The van der Waals surface area contributed by atoms with E-state index in [4.69, 9.17) is 4.74 Å². The van der Waals surface area contributed by atoms with E-state index in [2.05, 4.69) is 29.3 Å². The maximum atomic E-state index is 5.17. The smallest absolute Gasteiger partial charge is 0.228 e. The Labute approximate surface area is 136 Å². The summed E-state index contributed by atoms with van der Waals surface area (Å²) >= 11 is 0.